The van der Waals surface area contributed by atoms with Crippen LogP contribution in [0.5, 0.6) is 0 Å². The van der Waals surface area contributed by atoms with Gasteiger partial charge in [0.15, 0.2) is 5.65 Å². The smallest absolute Gasteiger partial charge is 0.335 e. The minimum atomic E-state index is -0.188. The van der Waals surface area contributed by atoms with E-state index in [4.69, 9.17) is 34.8 Å². The normalized spacial score (nSPS) is 17.9. The summed E-state index contributed by atoms with van der Waals surface area (Å²) in [5.41, 5.74) is 2.82. The third kappa shape index (κ3) is 4.88. The fourth-order valence-electron chi connectivity index (χ4n) is 4.89. The Kier molecular flexibility index (Phi) is 7.06. The first-order valence-electron chi connectivity index (χ1n) is 11.8. The molecule has 36 heavy (non-hydrogen) atoms. The molecule has 0 radical (unpaired) electrons. The van der Waals surface area contributed by atoms with Crippen LogP contribution in [0, 0.1) is 12.8 Å². The first-order valence-corrected chi connectivity index (χ1v) is 12.9. The summed E-state index contributed by atoms with van der Waals surface area (Å²) in [7, 11) is 0. The van der Waals surface area contributed by atoms with Crippen LogP contribution in [0.15, 0.2) is 53.6 Å². The Hall–Kier alpha value is -2.87. The van der Waals surface area contributed by atoms with Gasteiger partial charge in [0.25, 0.3) is 5.91 Å². The molecule has 0 aliphatic heterocycles. The van der Waals surface area contributed by atoms with Crippen molar-refractivity contribution in [3.63, 3.8) is 0 Å². The summed E-state index contributed by atoms with van der Waals surface area (Å²) in [5, 5.41) is 4.44. The molecule has 0 saturated heterocycles. The largest absolute Gasteiger partial charge is 0.349 e. The molecule has 5 rings (SSSR count). The van der Waals surface area contributed by atoms with Crippen molar-refractivity contribution in [3.05, 3.63) is 85.6 Å². The number of halogens is 3. The highest BCUT2D eigenvalue weighted by Crippen LogP contribution is 2.29. The molecule has 1 N–H and O–H groups in total. The molecule has 4 aromatic rings. The van der Waals surface area contributed by atoms with Crippen molar-refractivity contribution in [2.24, 2.45) is 5.92 Å². The van der Waals surface area contributed by atoms with Gasteiger partial charge < -0.3 is 5.32 Å². The van der Waals surface area contributed by atoms with Crippen LogP contribution in [-0.2, 0) is 6.54 Å². The summed E-state index contributed by atoms with van der Waals surface area (Å²) in [4.78, 5) is 34.9. The Balaban J connectivity index is 1.32. The van der Waals surface area contributed by atoms with Crippen molar-refractivity contribution in [1.82, 2.24) is 24.4 Å². The summed E-state index contributed by atoms with van der Waals surface area (Å²) >= 11 is 18.5. The maximum absolute atomic E-state index is 13.5. The molecule has 0 bridgehead atoms. The molecule has 1 aliphatic carbocycles. The Morgan fingerprint density at radius 2 is 1.83 bits per heavy atom. The van der Waals surface area contributed by atoms with Crippen molar-refractivity contribution >= 4 is 51.9 Å². The second-order valence-corrected chi connectivity index (χ2v) is 10.4. The average molecular weight is 545 g/mol. The first-order chi connectivity index (χ1) is 17.3. The van der Waals surface area contributed by atoms with Crippen molar-refractivity contribution < 1.29 is 4.79 Å². The van der Waals surface area contributed by atoms with E-state index in [1.165, 1.54) is 6.20 Å². The van der Waals surface area contributed by atoms with Crippen molar-refractivity contribution in [3.8, 4) is 5.69 Å². The van der Waals surface area contributed by atoms with E-state index >= 15 is 0 Å². The minimum Gasteiger partial charge on any atom is -0.349 e. The molecule has 10 heteroatoms. The summed E-state index contributed by atoms with van der Waals surface area (Å²) in [5.74, 6) is 0.140. The molecule has 186 valence electrons. The number of carbonyl (C=O) groups excluding carboxylic acids is 1. The highest BCUT2D eigenvalue weighted by Gasteiger charge is 2.26. The lowest BCUT2D eigenvalue weighted by molar-refractivity contribution is 0.0919. The number of carbonyl (C=O) groups is 1. The van der Waals surface area contributed by atoms with Gasteiger partial charge in [0, 0.05) is 30.0 Å². The van der Waals surface area contributed by atoms with Gasteiger partial charge in [-0.25, -0.2) is 14.3 Å². The maximum Gasteiger partial charge on any atom is 0.335 e. The zero-order valence-electron chi connectivity index (χ0n) is 19.5. The lowest BCUT2D eigenvalue weighted by Crippen LogP contribution is -2.39. The SMILES string of the molecule is Cc1ncc(Cl)cc1C(=O)N[C@H]1CC[C@H](Cn2c(=O)n(-c3ccc(Cl)cc3Cl)c3ncccc32)CC1. The molecule has 7 nitrogen and oxygen atoms in total. The van der Waals surface area contributed by atoms with Crippen LogP contribution in [0.4, 0.5) is 0 Å². The highest BCUT2D eigenvalue weighted by atomic mass is 35.5. The van der Waals surface area contributed by atoms with Gasteiger partial charge in [-0.05, 0) is 74.9 Å². The third-order valence-corrected chi connectivity index (χ3v) is 7.51. The van der Waals surface area contributed by atoms with Crippen molar-refractivity contribution in [2.75, 3.05) is 0 Å². The number of rotatable bonds is 5. The van der Waals surface area contributed by atoms with E-state index in [9.17, 15) is 9.59 Å². The summed E-state index contributed by atoms with van der Waals surface area (Å²) in [6.07, 6.45) is 6.64. The van der Waals surface area contributed by atoms with Crippen LogP contribution < -0.4 is 11.0 Å². The summed E-state index contributed by atoms with van der Waals surface area (Å²) in [6.45, 7) is 2.36. The summed E-state index contributed by atoms with van der Waals surface area (Å²) < 4.78 is 3.32. The number of hydrogen-bond acceptors (Lipinski definition) is 4. The van der Waals surface area contributed by atoms with E-state index in [2.05, 4.69) is 15.3 Å². The Morgan fingerprint density at radius 3 is 2.58 bits per heavy atom. The first kappa shape index (κ1) is 24.8. The predicted molar refractivity (Wildman–Crippen MR) is 143 cm³/mol. The van der Waals surface area contributed by atoms with Gasteiger partial charge in [-0.1, -0.05) is 34.8 Å². The van der Waals surface area contributed by atoms with E-state index in [1.807, 2.05) is 12.1 Å². The molecule has 1 aromatic carbocycles. The number of amides is 1. The Labute approximate surface area is 223 Å². The molecule has 0 unspecified atom stereocenters. The maximum atomic E-state index is 13.5. The number of pyridine rings is 2. The molecule has 0 spiro atoms. The van der Waals surface area contributed by atoms with E-state index < -0.39 is 0 Å². The van der Waals surface area contributed by atoms with Gasteiger partial charge >= 0.3 is 5.69 Å². The van der Waals surface area contributed by atoms with Crippen LogP contribution in [0.3, 0.4) is 0 Å². The van der Waals surface area contributed by atoms with Gasteiger partial charge in [-0.15, -0.1) is 0 Å². The van der Waals surface area contributed by atoms with Crippen LogP contribution >= 0.6 is 34.8 Å². The molecule has 1 amide bonds. The number of aromatic nitrogens is 4. The third-order valence-electron chi connectivity index (χ3n) is 6.76. The molecule has 1 aliphatic rings. The average Bonchev–Trinajstić information content (AvgIpc) is 3.13. The Morgan fingerprint density at radius 1 is 1.06 bits per heavy atom. The number of nitrogens with one attached hydrogen (secondary N) is 1. The van der Waals surface area contributed by atoms with E-state index in [0.717, 1.165) is 31.2 Å². The number of hydrogen-bond donors (Lipinski definition) is 1. The number of fused-ring (bicyclic) bond motifs is 1. The van der Waals surface area contributed by atoms with Gasteiger partial charge in [0.1, 0.15) is 0 Å². The lowest BCUT2D eigenvalue weighted by atomic mass is 9.85. The number of benzene rings is 1. The molecule has 1 saturated carbocycles. The summed E-state index contributed by atoms with van der Waals surface area (Å²) in [6, 6.07) is 10.5. The van der Waals surface area contributed by atoms with Gasteiger partial charge in [0.2, 0.25) is 0 Å². The second-order valence-electron chi connectivity index (χ2n) is 9.15. The van der Waals surface area contributed by atoms with Crippen LogP contribution in [0.25, 0.3) is 16.9 Å². The van der Waals surface area contributed by atoms with Crippen LogP contribution in [0.1, 0.15) is 41.7 Å². The van der Waals surface area contributed by atoms with Gasteiger partial charge in [-0.3, -0.25) is 14.3 Å². The molecule has 0 atom stereocenters. The van der Waals surface area contributed by atoms with Gasteiger partial charge in [-0.2, -0.15) is 0 Å². The number of nitrogens with zero attached hydrogens (tertiary/aromatic N) is 4. The molecule has 3 heterocycles. The van der Waals surface area contributed by atoms with E-state index in [1.54, 1.807) is 46.5 Å². The topological polar surface area (TPSA) is 81.8 Å². The lowest BCUT2D eigenvalue weighted by Gasteiger charge is -2.29. The molecule has 1 fully saturated rings. The van der Waals surface area contributed by atoms with E-state index in [0.29, 0.717) is 50.1 Å². The Bertz CT molecular complexity index is 1510. The minimum absolute atomic E-state index is 0.0692. The fraction of sp³-hybridized carbons (Fsp3) is 0.308. The number of imidazole rings is 1. The van der Waals surface area contributed by atoms with Crippen LogP contribution in [0.2, 0.25) is 15.1 Å². The quantitative estimate of drug-likeness (QED) is 0.342. The zero-order valence-corrected chi connectivity index (χ0v) is 21.8. The molecular formula is C26H24Cl3N5O2. The second kappa shape index (κ2) is 10.2. The predicted octanol–water partition coefficient (Wildman–Crippen LogP) is 5.84. The molecular weight excluding hydrogens is 521 g/mol. The van der Waals surface area contributed by atoms with Crippen LogP contribution in [-0.4, -0.2) is 31.1 Å². The number of aryl methyl sites for hydroxylation is 1. The fourth-order valence-corrected chi connectivity index (χ4v) is 5.54. The zero-order chi connectivity index (χ0) is 25.4. The van der Waals surface area contributed by atoms with Crippen molar-refractivity contribution in [2.45, 2.75) is 45.2 Å². The van der Waals surface area contributed by atoms with Crippen molar-refractivity contribution in [1.29, 1.82) is 0 Å². The van der Waals surface area contributed by atoms with E-state index in [-0.39, 0.29) is 17.6 Å². The standard InChI is InChI=1S/C26H24Cl3N5O2/c1-15-20(11-18(28)13-31-15)25(35)32-19-7-4-16(5-8-19)14-33-23-3-2-10-30-24(23)34(26(33)36)22-9-6-17(27)12-21(22)29/h2-3,6,9-13,16,19H,4-5,7-8,14H2,1H3,(H,32,35)/t16-,19-. The monoisotopic (exact) mass is 543 g/mol. The molecule has 3 aromatic heterocycles. The van der Waals surface area contributed by atoms with Gasteiger partial charge in [0.05, 0.1) is 32.5 Å². The highest BCUT2D eigenvalue weighted by molar-refractivity contribution is 6.35.